The fourth-order valence-electron chi connectivity index (χ4n) is 15.7. The number of imidazole rings is 4. The van der Waals surface area contributed by atoms with E-state index in [-0.39, 0.29) is 83.0 Å². The third-order valence-electron chi connectivity index (χ3n) is 22.4. The first kappa shape index (κ1) is 89.8. The van der Waals surface area contributed by atoms with Gasteiger partial charge in [0, 0.05) is 99.3 Å². The standard InChI is InChI=1S/C27H26FN5O3.C27H34FN5O3.C20H18F4N4O.C20H21FN4O/c1-18-14-23(21-8-10-22(28)11-9-21)30-33-16-24(29-25(18)33)26(34)31-12-13-32(19(2)15-31)27(35)36-17-20-6-4-3-5-7-20;1-17(2)20-14-21(18-8-10-19(28)11-9-18)30-33-15-22(29-23(20)33)24(34)32-13-12-31(16-27(32,6)7)25(35)36-26(3,4)5;21-14-7-5-13(6-8-14)16-11-15(20(22,23)24)18-25-17(12-28(18)26-16)19(29)27-9-3-1-2-4-10-27;1-14-12-17(15-6-8-16(21)9-7-15)23-25-13-18(22-19(14)25)20(26)24-10-4-2-3-5-11-24/h3-11,14,16,19H,12-13,15,17H2,1-2H3;8-11,14-15,17H,12-13,16H2,1-7H3;5-8,11-12H,1-4,9-10H2;6-9,12-13H,2-5,10-11H2,1H3/t19-;;;/m0.../s1. The van der Waals surface area contributed by atoms with Crippen molar-refractivity contribution in [3.8, 4) is 45.0 Å². The van der Waals surface area contributed by atoms with E-state index in [1.165, 1.54) is 67.6 Å². The number of amides is 6. The quantitative estimate of drug-likeness (QED) is 0.109. The van der Waals surface area contributed by atoms with Crippen molar-refractivity contribution in [2.45, 2.75) is 156 Å². The number of piperazine rings is 2. The van der Waals surface area contributed by atoms with Crippen molar-refractivity contribution >= 4 is 58.4 Å². The van der Waals surface area contributed by atoms with Gasteiger partial charge >= 0.3 is 18.4 Å². The molecule has 0 radical (unpaired) electrons. The van der Waals surface area contributed by atoms with Crippen molar-refractivity contribution in [2.75, 3.05) is 65.4 Å². The number of hydrogen-bond acceptors (Lipinski definition) is 16. The molecule has 4 aliphatic rings. The number of likely N-dealkylation sites (tertiary alicyclic amines) is 2. The second-order valence-electron chi connectivity index (χ2n) is 34.0. The highest BCUT2D eigenvalue weighted by atomic mass is 19.4. The third-order valence-corrected chi connectivity index (χ3v) is 22.4. The first-order valence-corrected chi connectivity index (χ1v) is 42.4. The van der Waals surface area contributed by atoms with Crippen LogP contribution < -0.4 is 0 Å². The SMILES string of the molecule is CC(C)c1cc(-c2ccc(F)cc2)nn2cc(C(=O)N3CCN(C(=O)OC(C)(C)C)CC3(C)C)nc12.Cc1cc(-c2ccc(F)cc2)nn2cc(C(=O)N3CCCCCC3)nc12.Cc1cc(-c2ccc(F)cc2)nn2cc(C(=O)N3CCN(C(=O)OCc4ccccc4)[C@@H](C)C3)nc12.O=C(c1cn2nc(-c3ccc(F)cc3)cc(C(F)(F)F)c2n1)N1CCCCCC1. The number of carbonyl (C=O) groups is 6. The summed E-state index contributed by atoms with van der Waals surface area (Å²) < 4.78 is 111. The molecule has 0 aliphatic carbocycles. The zero-order valence-electron chi connectivity index (χ0n) is 72.3. The summed E-state index contributed by atoms with van der Waals surface area (Å²) in [6, 6.07) is 39.4. The Morgan fingerprint density at radius 3 is 1.23 bits per heavy atom. The summed E-state index contributed by atoms with van der Waals surface area (Å²) in [5.41, 5.74) is 8.59. The van der Waals surface area contributed by atoms with E-state index >= 15 is 0 Å². The van der Waals surface area contributed by atoms with Crippen LogP contribution in [0.15, 0.2) is 176 Å². The maximum atomic E-state index is 13.7. The first-order valence-electron chi connectivity index (χ1n) is 42.4. The molecular weight excluding hydrogens is 1640 g/mol. The molecule has 12 heterocycles. The Morgan fingerprint density at radius 1 is 0.441 bits per heavy atom. The van der Waals surface area contributed by atoms with Crippen LogP contribution in [0.5, 0.6) is 0 Å². The van der Waals surface area contributed by atoms with Gasteiger partial charge in [0.05, 0.1) is 53.1 Å². The van der Waals surface area contributed by atoms with E-state index in [4.69, 9.17) is 9.47 Å². The maximum absolute atomic E-state index is 13.7. The topological polar surface area (TPSA) is 261 Å². The highest BCUT2D eigenvalue weighted by Crippen LogP contribution is 2.36. The third kappa shape index (κ3) is 21.4. The van der Waals surface area contributed by atoms with Crippen molar-refractivity contribution in [1.82, 2.24) is 87.8 Å². The summed E-state index contributed by atoms with van der Waals surface area (Å²) in [6.45, 7) is 24.3. The van der Waals surface area contributed by atoms with Gasteiger partial charge in [-0.1, -0.05) is 69.9 Å². The highest BCUT2D eigenvalue weighted by molar-refractivity contribution is 5.96. The van der Waals surface area contributed by atoms with Gasteiger partial charge in [0.15, 0.2) is 22.6 Å². The number of fused-ring (bicyclic) bond motifs is 4. The molecule has 5 aromatic carbocycles. The number of aromatic nitrogens is 12. The molecule has 0 N–H and O–H groups in total. The number of hydrogen-bond donors (Lipinski definition) is 0. The van der Waals surface area contributed by atoms with E-state index in [2.05, 4.69) is 54.2 Å². The molecule has 4 aliphatic heterocycles. The molecular formula is C94H99F7N18O8. The lowest BCUT2D eigenvalue weighted by atomic mass is 9.98. The average Bonchev–Trinajstić information content (AvgIpc) is 1.67. The van der Waals surface area contributed by atoms with Crippen molar-refractivity contribution in [3.05, 3.63) is 250 Å². The van der Waals surface area contributed by atoms with E-state index in [0.717, 1.165) is 119 Å². The number of halogens is 7. The molecule has 33 heteroatoms. The van der Waals surface area contributed by atoms with Crippen LogP contribution in [0.3, 0.4) is 0 Å². The monoisotopic (exact) mass is 1740 g/mol. The fourth-order valence-corrected chi connectivity index (χ4v) is 15.7. The summed E-state index contributed by atoms with van der Waals surface area (Å²) in [4.78, 5) is 106. The molecule has 0 spiro atoms. The minimum absolute atomic E-state index is 0.0102. The van der Waals surface area contributed by atoms with Gasteiger partial charge in [-0.25, -0.2) is 65.1 Å². The van der Waals surface area contributed by atoms with Gasteiger partial charge in [0.1, 0.15) is 63.8 Å². The van der Waals surface area contributed by atoms with E-state index in [9.17, 15) is 59.5 Å². The lowest BCUT2D eigenvalue weighted by Gasteiger charge is -2.46. The van der Waals surface area contributed by atoms with E-state index in [0.29, 0.717) is 97.6 Å². The van der Waals surface area contributed by atoms with E-state index in [1.54, 1.807) is 93.0 Å². The second-order valence-corrected chi connectivity index (χ2v) is 34.0. The maximum Gasteiger partial charge on any atom is 0.420 e. The smallest absolute Gasteiger partial charge is 0.420 e. The van der Waals surface area contributed by atoms with Crippen LogP contribution in [0.4, 0.5) is 40.3 Å². The van der Waals surface area contributed by atoms with E-state index in [1.807, 2.05) is 109 Å². The highest BCUT2D eigenvalue weighted by Gasteiger charge is 2.42. The predicted octanol–water partition coefficient (Wildman–Crippen LogP) is 17.9. The Morgan fingerprint density at radius 2 is 0.819 bits per heavy atom. The average molecular weight is 1740 g/mol. The largest absolute Gasteiger partial charge is 0.445 e. The molecule has 6 amide bonds. The number of carbonyl (C=O) groups excluding carboxylic acids is 6. The number of alkyl halides is 3. The van der Waals surface area contributed by atoms with Crippen LogP contribution in [-0.4, -0.2) is 206 Å². The second kappa shape index (κ2) is 38.1. The van der Waals surface area contributed by atoms with Gasteiger partial charge in [0.25, 0.3) is 23.6 Å². The van der Waals surface area contributed by atoms with Crippen LogP contribution in [0.2, 0.25) is 0 Å². The molecule has 662 valence electrons. The zero-order chi connectivity index (χ0) is 90.3. The minimum Gasteiger partial charge on any atom is -0.445 e. The molecule has 4 saturated heterocycles. The number of ether oxygens (including phenoxy) is 2. The molecule has 13 aromatic rings. The Bertz CT molecular complexity index is 6160. The van der Waals surface area contributed by atoms with Crippen LogP contribution in [0.25, 0.3) is 67.6 Å². The lowest BCUT2D eigenvalue weighted by Crippen LogP contribution is -2.62. The number of nitrogens with zero attached hydrogens (tertiary/aromatic N) is 18. The molecule has 8 aromatic heterocycles. The summed E-state index contributed by atoms with van der Waals surface area (Å²) in [7, 11) is 0. The Hall–Kier alpha value is -13.5. The first-order chi connectivity index (χ1) is 60.6. The lowest BCUT2D eigenvalue weighted by molar-refractivity contribution is -0.136. The number of benzene rings is 5. The van der Waals surface area contributed by atoms with Gasteiger partial charge in [0.2, 0.25) is 0 Å². The number of rotatable bonds is 11. The summed E-state index contributed by atoms with van der Waals surface area (Å²) in [5.74, 6) is -2.12. The molecule has 17 rings (SSSR count). The number of aryl methyl sites for hydroxylation is 2. The van der Waals surface area contributed by atoms with Crippen molar-refractivity contribution < 1.29 is 69.0 Å². The van der Waals surface area contributed by atoms with Gasteiger partial charge in [-0.2, -0.15) is 33.6 Å². The van der Waals surface area contributed by atoms with Crippen molar-refractivity contribution in [1.29, 1.82) is 0 Å². The van der Waals surface area contributed by atoms with Crippen LogP contribution in [0, 0.1) is 37.1 Å². The Kier molecular flexibility index (Phi) is 27.0. The minimum atomic E-state index is -4.69. The van der Waals surface area contributed by atoms with Gasteiger partial charge < -0.3 is 38.9 Å². The van der Waals surface area contributed by atoms with Gasteiger partial charge in [-0.3, -0.25) is 19.2 Å². The molecule has 1 atom stereocenters. The molecule has 26 nitrogen and oxygen atoms in total. The van der Waals surface area contributed by atoms with Gasteiger partial charge in [-0.05, 0) is 225 Å². The van der Waals surface area contributed by atoms with E-state index < -0.39 is 40.3 Å². The molecule has 127 heavy (non-hydrogen) atoms. The molecule has 0 saturated carbocycles. The van der Waals surface area contributed by atoms with Gasteiger partial charge in [-0.15, -0.1) is 0 Å². The summed E-state index contributed by atoms with van der Waals surface area (Å²) in [5, 5.41) is 18.0. The fraction of sp³-hybridized carbons (Fsp3) is 0.362. The Balaban J connectivity index is 0.000000138. The molecule has 0 bridgehead atoms. The normalized spacial score (nSPS) is 15.7. The Labute approximate surface area is 728 Å². The molecule has 4 fully saturated rings. The zero-order valence-corrected chi connectivity index (χ0v) is 72.3. The van der Waals surface area contributed by atoms with Crippen molar-refractivity contribution in [3.63, 3.8) is 0 Å². The van der Waals surface area contributed by atoms with Crippen LogP contribution in [-0.2, 0) is 22.3 Å². The van der Waals surface area contributed by atoms with Crippen LogP contribution in [0.1, 0.15) is 182 Å². The summed E-state index contributed by atoms with van der Waals surface area (Å²) in [6.07, 6.45) is 8.94. The van der Waals surface area contributed by atoms with Crippen molar-refractivity contribution in [2.24, 2.45) is 0 Å². The van der Waals surface area contributed by atoms with Crippen LogP contribution >= 0.6 is 0 Å². The predicted molar refractivity (Wildman–Crippen MR) is 462 cm³/mol. The summed E-state index contributed by atoms with van der Waals surface area (Å²) >= 11 is 0. The molecule has 0 unspecified atom stereocenters.